The second kappa shape index (κ2) is 6.20. The van der Waals surface area contributed by atoms with Gasteiger partial charge in [0.25, 0.3) is 0 Å². The molecule has 1 N–H and O–H groups in total. The molecule has 21 heavy (non-hydrogen) atoms. The Morgan fingerprint density at radius 2 is 2.05 bits per heavy atom. The van der Waals surface area contributed by atoms with Gasteiger partial charge in [0.15, 0.2) is 0 Å². The zero-order chi connectivity index (χ0) is 14.7. The number of carbonyl (C=O) groups excluding carboxylic acids is 1. The van der Waals surface area contributed by atoms with Crippen LogP contribution in [0.4, 0.5) is 10.5 Å². The van der Waals surface area contributed by atoms with Crippen LogP contribution in [0.2, 0.25) is 0 Å². The number of ether oxygens (including phenoxy) is 1. The number of carbonyl (C=O) groups is 1. The third-order valence-corrected chi connectivity index (χ3v) is 4.15. The van der Waals surface area contributed by atoms with Crippen LogP contribution in [-0.4, -0.2) is 18.7 Å². The highest BCUT2D eigenvalue weighted by Crippen LogP contribution is 2.27. The molecule has 2 fully saturated rings. The van der Waals surface area contributed by atoms with Gasteiger partial charge in [-0.05, 0) is 37.8 Å². The standard InChI is InChI=1S/C17H22N2O2/c1-13-10-11-19(17(20)18-13)14-6-5-9-16(12-14)21-15-7-3-2-4-8-15/h5-6,9,12,15H,1-4,7-8,10-11H2,(H,18,20). The number of nitrogens with one attached hydrogen (secondary N) is 1. The van der Waals surface area contributed by atoms with Gasteiger partial charge in [-0.1, -0.05) is 19.1 Å². The molecule has 4 nitrogen and oxygen atoms in total. The first kappa shape index (κ1) is 14.0. The van der Waals surface area contributed by atoms with Crippen molar-refractivity contribution in [3.05, 3.63) is 36.5 Å². The van der Waals surface area contributed by atoms with Gasteiger partial charge in [-0.25, -0.2) is 4.79 Å². The van der Waals surface area contributed by atoms with Crippen molar-refractivity contribution in [2.45, 2.75) is 44.6 Å². The van der Waals surface area contributed by atoms with E-state index in [0.717, 1.165) is 36.4 Å². The van der Waals surface area contributed by atoms with Crippen LogP contribution in [0.3, 0.4) is 0 Å². The van der Waals surface area contributed by atoms with Crippen molar-refractivity contribution >= 4 is 11.7 Å². The van der Waals surface area contributed by atoms with E-state index in [9.17, 15) is 4.79 Å². The van der Waals surface area contributed by atoms with Crippen molar-refractivity contribution in [2.24, 2.45) is 0 Å². The highest BCUT2D eigenvalue weighted by atomic mass is 16.5. The molecule has 1 aromatic rings. The molecule has 3 rings (SSSR count). The van der Waals surface area contributed by atoms with Crippen LogP contribution in [0.5, 0.6) is 5.75 Å². The number of nitrogens with zero attached hydrogens (tertiary/aromatic N) is 1. The van der Waals surface area contributed by atoms with Crippen molar-refractivity contribution in [3.8, 4) is 5.75 Å². The lowest BCUT2D eigenvalue weighted by Crippen LogP contribution is -2.45. The fourth-order valence-corrected chi connectivity index (χ4v) is 2.98. The summed E-state index contributed by atoms with van der Waals surface area (Å²) in [5.74, 6) is 0.858. The molecule has 1 aliphatic carbocycles. The fraction of sp³-hybridized carbons (Fsp3) is 0.471. The first-order valence-corrected chi connectivity index (χ1v) is 7.75. The van der Waals surface area contributed by atoms with E-state index in [1.165, 1.54) is 19.3 Å². The zero-order valence-electron chi connectivity index (χ0n) is 12.3. The predicted molar refractivity (Wildman–Crippen MR) is 83.6 cm³/mol. The highest BCUT2D eigenvalue weighted by molar-refractivity contribution is 5.94. The third kappa shape index (κ3) is 3.38. The zero-order valence-corrected chi connectivity index (χ0v) is 12.3. The van der Waals surface area contributed by atoms with E-state index in [-0.39, 0.29) is 6.03 Å². The maximum Gasteiger partial charge on any atom is 0.326 e. The van der Waals surface area contributed by atoms with Crippen LogP contribution in [-0.2, 0) is 0 Å². The summed E-state index contributed by atoms with van der Waals surface area (Å²) >= 11 is 0. The number of amides is 2. The minimum absolute atomic E-state index is 0.110. The summed E-state index contributed by atoms with van der Waals surface area (Å²) in [6.07, 6.45) is 7.19. The average Bonchev–Trinajstić information content (AvgIpc) is 2.48. The van der Waals surface area contributed by atoms with E-state index in [0.29, 0.717) is 12.6 Å². The topological polar surface area (TPSA) is 41.6 Å². The molecule has 1 heterocycles. The van der Waals surface area contributed by atoms with E-state index in [4.69, 9.17) is 4.74 Å². The molecule has 2 amide bonds. The fourth-order valence-electron chi connectivity index (χ4n) is 2.98. The molecule has 4 heteroatoms. The van der Waals surface area contributed by atoms with Gasteiger partial charge in [-0.2, -0.15) is 0 Å². The monoisotopic (exact) mass is 286 g/mol. The Morgan fingerprint density at radius 3 is 2.81 bits per heavy atom. The van der Waals surface area contributed by atoms with Crippen molar-refractivity contribution in [1.82, 2.24) is 5.32 Å². The molecule has 0 atom stereocenters. The molecule has 1 saturated heterocycles. The number of rotatable bonds is 3. The smallest absolute Gasteiger partial charge is 0.326 e. The first-order chi connectivity index (χ1) is 10.2. The van der Waals surface area contributed by atoms with Gasteiger partial charge in [0.1, 0.15) is 5.75 Å². The van der Waals surface area contributed by atoms with Crippen molar-refractivity contribution in [3.63, 3.8) is 0 Å². The lowest BCUT2D eigenvalue weighted by molar-refractivity contribution is 0.155. The van der Waals surface area contributed by atoms with E-state index in [2.05, 4.69) is 11.9 Å². The Morgan fingerprint density at radius 1 is 1.24 bits per heavy atom. The van der Waals surface area contributed by atoms with E-state index in [1.807, 2.05) is 24.3 Å². The largest absolute Gasteiger partial charge is 0.490 e. The highest BCUT2D eigenvalue weighted by Gasteiger charge is 2.22. The van der Waals surface area contributed by atoms with Crippen LogP contribution < -0.4 is 15.0 Å². The molecule has 1 aromatic carbocycles. The summed E-state index contributed by atoms with van der Waals surface area (Å²) in [4.78, 5) is 13.8. The summed E-state index contributed by atoms with van der Waals surface area (Å²) in [6, 6.07) is 7.72. The second-order valence-corrected chi connectivity index (χ2v) is 5.81. The summed E-state index contributed by atoms with van der Waals surface area (Å²) in [7, 11) is 0. The molecule has 112 valence electrons. The van der Waals surface area contributed by atoms with Gasteiger partial charge in [0.2, 0.25) is 0 Å². The van der Waals surface area contributed by atoms with Gasteiger partial charge in [0, 0.05) is 30.4 Å². The second-order valence-electron chi connectivity index (χ2n) is 5.81. The molecule has 0 spiro atoms. The molecule has 0 radical (unpaired) electrons. The molecule has 0 aromatic heterocycles. The number of hydrogen-bond acceptors (Lipinski definition) is 2. The number of anilines is 1. The van der Waals surface area contributed by atoms with Crippen LogP contribution in [0.15, 0.2) is 36.5 Å². The molecule has 1 saturated carbocycles. The minimum atomic E-state index is -0.110. The molecule has 0 bridgehead atoms. The van der Waals surface area contributed by atoms with Crippen LogP contribution in [0.1, 0.15) is 38.5 Å². The van der Waals surface area contributed by atoms with E-state index in [1.54, 1.807) is 4.90 Å². The van der Waals surface area contributed by atoms with Crippen LogP contribution in [0, 0.1) is 0 Å². The number of hydrogen-bond donors (Lipinski definition) is 1. The van der Waals surface area contributed by atoms with E-state index >= 15 is 0 Å². The normalized spacial score (nSPS) is 20.3. The van der Waals surface area contributed by atoms with Crippen molar-refractivity contribution < 1.29 is 9.53 Å². The summed E-state index contributed by atoms with van der Waals surface area (Å²) in [6.45, 7) is 4.47. The Labute approximate surface area is 125 Å². The third-order valence-electron chi connectivity index (χ3n) is 4.15. The lowest BCUT2D eigenvalue weighted by atomic mass is 9.98. The van der Waals surface area contributed by atoms with Crippen molar-refractivity contribution in [2.75, 3.05) is 11.4 Å². The Bertz CT molecular complexity index is 535. The van der Waals surface area contributed by atoms with Gasteiger partial charge < -0.3 is 10.1 Å². The number of benzene rings is 1. The van der Waals surface area contributed by atoms with Crippen LogP contribution in [0.25, 0.3) is 0 Å². The average molecular weight is 286 g/mol. The quantitative estimate of drug-likeness (QED) is 0.917. The maximum absolute atomic E-state index is 12.0. The van der Waals surface area contributed by atoms with Gasteiger partial charge in [-0.15, -0.1) is 0 Å². The molecule has 1 aliphatic heterocycles. The summed E-state index contributed by atoms with van der Waals surface area (Å²) in [5.41, 5.74) is 1.67. The Balaban J connectivity index is 1.70. The first-order valence-electron chi connectivity index (χ1n) is 7.75. The molecule has 0 unspecified atom stereocenters. The minimum Gasteiger partial charge on any atom is -0.490 e. The molecular formula is C17H22N2O2. The SMILES string of the molecule is C=C1CCN(c2cccc(OC3CCCCC3)c2)C(=O)N1. The van der Waals surface area contributed by atoms with Gasteiger partial charge in [-0.3, -0.25) is 4.90 Å². The van der Waals surface area contributed by atoms with Gasteiger partial charge in [0.05, 0.1) is 6.10 Å². The van der Waals surface area contributed by atoms with E-state index < -0.39 is 0 Å². The Kier molecular flexibility index (Phi) is 4.13. The molecular weight excluding hydrogens is 264 g/mol. The number of urea groups is 1. The van der Waals surface area contributed by atoms with Crippen molar-refractivity contribution in [1.29, 1.82) is 0 Å². The maximum atomic E-state index is 12.0. The summed E-state index contributed by atoms with van der Waals surface area (Å²) < 4.78 is 6.07. The van der Waals surface area contributed by atoms with Crippen LogP contribution >= 0.6 is 0 Å². The lowest BCUT2D eigenvalue weighted by Gasteiger charge is -2.29. The Hall–Kier alpha value is -1.97. The van der Waals surface area contributed by atoms with Gasteiger partial charge >= 0.3 is 6.03 Å². The molecule has 2 aliphatic rings. The predicted octanol–water partition coefficient (Wildman–Crippen LogP) is 3.83. The summed E-state index contributed by atoms with van der Waals surface area (Å²) in [5, 5.41) is 2.78.